The molecule has 2 aliphatic carbocycles. The summed E-state index contributed by atoms with van der Waals surface area (Å²) in [5.41, 5.74) is 6.27. The Morgan fingerprint density at radius 2 is 2.10 bits per heavy atom. The van der Waals surface area contributed by atoms with Gasteiger partial charge in [0.1, 0.15) is 0 Å². The summed E-state index contributed by atoms with van der Waals surface area (Å²) >= 11 is 0. The van der Waals surface area contributed by atoms with Crippen molar-refractivity contribution >= 4 is 12.4 Å². The highest BCUT2D eigenvalue weighted by molar-refractivity contribution is 5.85. The number of fused-ring (bicyclic) bond motifs is 2. The second-order valence-corrected chi connectivity index (χ2v) is 4.09. The van der Waals surface area contributed by atoms with Gasteiger partial charge in [0.25, 0.3) is 0 Å². The van der Waals surface area contributed by atoms with Crippen LogP contribution in [-0.4, -0.2) is 5.54 Å². The molecule has 0 spiro atoms. The smallest absolute Gasteiger partial charge is 0.0157 e. The van der Waals surface area contributed by atoms with Gasteiger partial charge in [-0.25, -0.2) is 0 Å². The Balaban J connectivity index is 0.000000500. The molecule has 0 aromatic rings. The number of rotatable bonds is 0. The van der Waals surface area contributed by atoms with Crippen molar-refractivity contribution in [2.75, 3.05) is 0 Å². The van der Waals surface area contributed by atoms with E-state index in [0.29, 0.717) is 0 Å². The molecule has 3 atom stereocenters. The first kappa shape index (κ1) is 8.35. The Morgan fingerprint density at radius 1 is 1.40 bits per heavy atom. The van der Waals surface area contributed by atoms with E-state index in [2.05, 4.69) is 6.92 Å². The number of nitrogens with two attached hydrogens (primary N) is 1. The van der Waals surface area contributed by atoms with Crippen LogP contribution >= 0.6 is 12.4 Å². The number of halogens is 1. The van der Waals surface area contributed by atoms with Crippen molar-refractivity contribution in [3.8, 4) is 0 Å². The first-order valence-corrected chi connectivity index (χ1v) is 3.97. The van der Waals surface area contributed by atoms with E-state index in [1.807, 2.05) is 0 Å². The first-order valence-electron chi connectivity index (χ1n) is 3.97. The van der Waals surface area contributed by atoms with Gasteiger partial charge in [0.2, 0.25) is 0 Å². The summed E-state index contributed by atoms with van der Waals surface area (Å²) in [6.45, 7) is 2.22. The van der Waals surface area contributed by atoms with Crippen LogP contribution < -0.4 is 5.73 Å². The van der Waals surface area contributed by atoms with Crippen molar-refractivity contribution in [2.24, 2.45) is 17.6 Å². The Labute approximate surface area is 68.8 Å². The third kappa shape index (κ3) is 1.06. The molecular formula is C8H16ClN. The van der Waals surface area contributed by atoms with Gasteiger partial charge in [-0.3, -0.25) is 0 Å². The fraction of sp³-hybridized carbons (Fsp3) is 1.00. The maximum absolute atomic E-state index is 6.06. The molecule has 1 nitrogen and oxygen atoms in total. The zero-order valence-corrected chi connectivity index (χ0v) is 7.29. The van der Waals surface area contributed by atoms with Crippen molar-refractivity contribution in [3.05, 3.63) is 0 Å². The molecule has 0 saturated heterocycles. The van der Waals surface area contributed by atoms with E-state index in [-0.39, 0.29) is 17.9 Å². The van der Waals surface area contributed by atoms with Crippen LogP contribution in [0.15, 0.2) is 0 Å². The number of hydrogen-bond acceptors (Lipinski definition) is 1. The molecule has 0 aromatic heterocycles. The lowest BCUT2D eigenvalue weighted by Gasteiger charge is -2.29. The lowest BCUT2D eigenvalue weighted by molar-refractivity contribution is 0.297. The predicted octanol–water partition coefficient (Wildman–Crippen LogP) is 1.95. The highest BCUT2D eigenvalue weighted by Crippen LogP contribution is 2.49. The van der Waals surface area contributed by atoms with Gasteiger partial charge in [-0.2, -0.15) is 0 Å². The van der Waals surface area contributed by atoms with Gasteiger partial charge in [0, 0.05) is 5.54 Å². The molecule has 2 heteroatoms. The lowest BCUT2D eigenvalue weighted by Crippen LogP contribution is -2.41. The monoisotopic (exact) mass is 161 g/mol. The van der Waals surface area contributed by atoms with E-state index in [9.17, 15) is 0 Å². The van der Waals surface area contributed by atoms with Crippen LogP contribution in [0.1, 0.15) is 32.6 Å². The Kier molecular flexibility index (Phi) is 1.99. The summed E-state index contributed by atoms with van der Waals surface area (Å²) in [5.74, 6) is 1.85. The Hall–Kier alpha value is 0.250. The first-order chi connectivity index (χ1) is 4.18. The molecule has 0 amide bonds. The lowest BCUT2D eigenvalue weighted by atomic mass is 9.84. The zero-order chi connectivity index (χ0) is 6.48. The van der Waals surface area contributed by atoms with Gasteiger partial charge in [-0.1, -0.05) is 6.42 Å². The van der Waals surface area contributed by atoms with Gasteiger partial charge in [-0.15, -0.1) is 12.4 Å². The molecule has 60 valence electrons. The zero-order valence-electron chi connectivity index (χ0n) is 6.47. The van der Waals surface area contributed by atoms with Gasteiger partial charge >= 0.3 is 0 Å². The largest absolute Gasteiger partial charge is 0.325 e. The van der Waals surface area contributed by atoms with Crippen LogP contribution in [-0.2, 0) is 0 Å². The molecule has 2 fully saturated rings. The highest BCUT2D eigenvalue weighted by atomic mass is 35.5. The average molecular weight is 162 g/mol. The van der Waals surface area contributed by atoms with E-state index in [0.717, 1.165) is 11.8 Å². The third-order valence-electron chi connectivity index (χ3n) is 3.20. The molecule has 2 bridgehead atoms. The van der Waals surface area contributed by atoms with Gasteiger partial charge in [0.15, 0.2) is 0 Å². The van der Waals surface area contributed by atoms with Crippen LogP contribution in [0.2, 0.25) is 0 Å². The Morgan fingerprint density at radius 3 is 2.30 bits per heavy atom. The fourth-order valence-corrected chi connectivity index (χ4v) is 2.65. The molecule has 0 radical (unpaired) electrons. The van der Waals surface area contributed by atoms with Crippen molar-refractivity contribution < 1.29 is 0 Å². The molecule has 0 unspecified atom stereocenters. The minimum absolute atomic E-state index is 0. The summed E-state index contributed by atoms with van der Waals surface area (Å²) in [4.78, 5) is 0. The van der Waals surface area contributed by atoms with Crippen molar-refractivity contribution in [3.63, 3.8) is 0 Å². The van der Waals surface area contributed by atoms with E-state index >= 15 is 0 Å². The quantitative estimate of drug-likeness (QED) is 0.578. The standard InChI is InChI=1S/C8H15N.ClH/c1-8(9)5-6-2-3-7(8)4-6;/h6-7H,2-5,9H2,1H3;1H/t6-,7+,8-;/m1./s1. The molecule has 2 N–H and O–H groups in total. The van der Waals surface area contributed by atoms with Crippen LogP contribution in [0.4, 0.5) is 0 Å². The van der Waals surface area contributed by atoms with Gasteiger partial charge in [0.05, 0.1) is 0 Å². The van der Waals surface area contributed by atoms with E-state index in [4.69, 9.17) is 5.73 Å². The van der Waals surface area contributed by atoms with Crippen LogP contribution in [0, 0.1) is 11.8 Å². The molecule has 0 aromatic carbocycles. The van der Waals surface area contributed by atoms with E-state index in [1.54, 1.807) is 0 Å². The SMILES string of the molecule is C[C@@]1(N)C[C@@H]2CC[C@H]1C2.Cl. The molecule has 2 rings (SSSR count). The maximum Gasteiger partial charge on any atom is 0.0157 e. The molecule has 2 saturated carbocycles. The highest BCUT2D eigenvalue weighted by Gasteiger charge is 2.45. The van der Waals surface area contributed by atoms with Crippen LogP contribution in [0.25, 0.3) is 0 Å². The van der Waals surface area contributed by atoms with Crippen molar-refractivity contribution in [1.29, 1.82) is 0 Å². The number of hydrogen-bond donors (Lipinski definition) is 1. The average Bonchev–Trinajstić information content (AvgIpc) is 2.19. The molecular weight excluding hydrogens is 146 g/mol. The summed E-state index contributed by atoms with van der Waals surface area (Å²) in [7, 11) is 0. The summed E-state index contributed by atoms with van der Waals surface area (Å²) in [6, 6.07) is 0. The summed E-state index contributed by atoms with van der Waals surface area (Å²) in [6.07, 6.45) is 5.57. The molecule has 0 aliphatic heterocycles. The minimum atomic E-state index is 0. The second kappa shape index (κ2) is 2.38. The molecule has 2 aliphatic rings. The molecule has 10 heavy (non-hydrogen) atoms. The topological polar surface area (TPSA) is 26.0 Å². The summed E-state index contributed by atoms with van der Waals surface area (Å²) < 4.78 is 0. The van der Waals surface area contributed by atoms with Gasteiger partial charge in [-0.05, 0) is 38.0 Å². The van der Waals surface area contributed by atoms with Gasteiger partial charge < -0.3 is 5.73 Å². The second-order valence-electron chi connectivity index (χ2n) is 4.09. The third-order valence-corrected chi connectivity index (χ3v) is 3.20. The van der Waals surface area contributed by atoms with Crippen LogP contribution in [0.5, 0.6) is 0 Å². The minimum Gasteiger partial charge on any atom is -0.325 e. The van der Waals surface area contributed by atoms with E-state index in [1.165, 1.54) is 25.7 Å². The maximum atomic E-state index is 6.06. The van der Waals surface area contributed by atoms with Crippen LogP contribution in [0.3, 0.4) is 0 Å². The Bertz CT molecular complexity index is 133. The summed E-state index contributed by atoms with van der Waals surface area (Å²) in [5, 5.41) is 0. The fourth-order valence-electron chi connectivity index (χ4n) is 2.65. The van der Waals surface area contributed by atoms with E-state index < -0.39 is 0 Å². The van der Waals surface area contributed by atoms with Crippen molar-refractivity contribution in [2.45, 2.75) is 38.1 Å². The molecule has 0 heterocycles. The predicted molar refractivity (Wildman–Crippen MR) is 45.3 cm³/mol. The van der Waals surface area contributed by atoms with Crippen molar-refractivity contribution in [1.82, 2.24) is 0 Å². The normalized spacial score (nSPS) is 51.0.